The van der Waals surface area contributed by atoms with Gasteiger partial charge in [0.2, 0.25) is 0 Å². The zero-order valence-electron chi connectivity index (χ0n) is 13.8. The van der Waals surface area contributed by atoms with Crippen LogP contribution in [0.25, 0.3) is 0 Å². The Bertz CT molecular complexity index is 637. The van der Waals surface area contributed by atoms with E-state index in [2.05, 4.69) is 35.3 Å². The number of nitrogens with one attached hydrogen (secondary N) is 4. The van der Waals surface area contributed by atoms with E-state index >= 15 is 0 Å². The second kappa shape index (κ2) is 6.74. The highest BCUT2D eigenvalue weighted by atomic mass is 16.6. The van der Waals surface area contributed by atoms with E-state index in [1.807, 2.05) is 0 Å². The lowest BCUT2D eigenvalue weighted by Crippen LogP contribution is -2.30. The van der Waals surface area contributed by atoms with E-state index in [0.29, 0.717) is 23.7 Å². The number of hydrazine groups is 1. The van der Waals surface area contributed by atoms with Crippen LogP contribution in [0.4, 0.5) is 11.4 Å². The summed E-state index contributed by atoms with van der Waals surface area (Å²) in [5.74, 6) is 0.0565. The third-order valence-electron chi connectivity index (χ3n) is 4.72. The number of rotatable bonds is 6. The van der Waals surface area contributed by atoms with E-state index in [-0.39, 0.29) is 29.7 Å². The SMILES string of the molecule is CC1NNC(C)C1CNc1ccc(C(=O)NC2CC2)cc1[N+](=O)[O-]. The van der Waals surface area contributed by atoms with Crippen molar-refractivity contribution in [2.75, 3.05) is 11.9 Å². The molecular formula is C16H23N5O3. The first kappa shape index (κ1) is 16.7. The molecule has 0 bridgehead atoms. The lowest BCUT2D eigenvalue weighted by atomic mass is 9.96. The molecule has 1 aliphatic heterocycles. The molecule has 8 nitrogen and oxygen atoms in total. The summed E-state index contributed by atoms with van der Waals surface area (Å²) in [7, 11) is 0. The zero-order valence-corrected chi connectivity index (χ0v) is 13.8. The Balaban J connectivity index is 1.72. The maximum atomic E-state index is 12.1. The van der Waals surface area contributed by atoms with Gasteiger partial charge in [0.15, 0.2) is 0 Å². The van der Waals surface area contributed by atoms with E-state index in [9.17, 15) is 14.9 Å². The van der Waals surface area contributed by atoms with Crippen LogP contribution in [0.3, 0.4) is 0 Å². The molecule has 0 aromatic heterocycles. The molecular weight excluding hydrogens is 310 g/mol. The van der Waals surface area contributed by atoms with Gasteiger partial charge in [0.25, 0.3) is 11.6 Å². The zero-order chi connectivity index (χ0) is 17.3. The van der Waals surface area contributed by atoms with Gasteiger partial charge < -0.3 is 10.6 Å². The number of hydrogen-bond donors (Lipinski definition) is 4. The molecule has 1 heterocycles. The molecule has 1 amide bonds. The second-order valence-electron chi connectivity index (χ2n) is 6.65. The van der Waals surface area contributed by atoms with Crippen LogP contribution in [0.2, 0.25) is 0 Å². The van der Waals surface area contributed by atoms with Crippen LogP contribution >= 0.6 is 0 Å². The average molecular weight is 333 g/mol. The number of nitro groups is 1. The minimum atomic E-state index is -0.450. The van der Waals surface area contributed by atoms with E-state index in [0.717, 1.165) is 12.8 Å². The van der Waals surface area contributed by atoms with Crippen LogP contribution in [-0.2, 0) is 0 Å². The first-order chi connectivity index (χ1) is 11.5. The second-order valence-corrected chi connectivity index (χ2v) is 6.65. The first-order valence-electron chi connectivity index (χ1n) is 8.30. The summed E-state index contributed by atoms with van der Waals surface area (Å²) in [6, 6.07) is 5.36. The summed E-state index contributed by atoms with van der Waals surface area (Å²) in [4.78, 5) is 23.0. The number of anilines is 1. The molecule has 24 heavy (non-hydrogen) atoms. The van der Waals surface area contributed by atoms with Gasteiger partial charge in [-0.2, -0.15) is 0 Å². The van der Waals surface area contributed by atoms with E-state index in [1.54, 1.807) is 12.1 Å². The standard InChI is InChI=1S/C16H23N5O3/c1-9-13(10(2)20-19-9)8-17-14-6-3-11(7-15(14)21(23)24)16(22)18-12-4-5-12/h3,6-7,9-10,12-13,17,19-20H,4-5,8H2,1-2H3,(H,18,22). The topological polar surface area (TPSA) is 108 Å². The van der Waals surface area contributed by atoms with Crippen molar-refractivity contribution in [2.24, 2.45) is 5.92 Å². The van der Waals surface area contributed by atoms with Gasteiger partial charge in [-0.25, -0.2) is 0 Å². The third-order valence-corrected chi connectivity index (χ3v) is 4.72. The molecule has 1 aromatic rings. The van der Waals surface area contributed by atoms with Gasteiger partial charge in [-0.1, -0.05) is 0 Å². The van der Waals surface area contributed by atoms with Crippen molar-refractivity contribution in [3.63, 3.8) is 0 Å². The van der Waals surface area contributed by atoms with E-state index in [1.165, 1.54) is 6.07 Å². The summed E-state index contributed by atoms with van der Waals surface area (Å²) < 4.78 is 0. The third kappa shape index (κ3) is 3.65. The van der Waals surface area contributed by atoms with Crippen molar-refractivity contribution >= 4 is 17.3 Å². The number of hydrogen-bond acceptors (Lipinski definition) is 6. The summed E-state index contributed by atoms with van der Waals surface area (Å²) in [6.07, 6.45) is 1.96. The fraction of sp³-hybridized carbons (Fsp3) is 0.562. The van der Waals surface area contributed by atoms with Gasteiger partial charge in [-0.05, 0) is 38.8 Å². The fourth-order valence-corrected chi connectivity index (χ4v) is 2.96. The Kier molecular flexibility index (Phi) is 4.68. The van der Waals surface area contributed by atoms with Crippen LogP contribution in [0.1, 0.15) is 37.0 Å². The van der Waals surface area contributed by atoms with Crippen molar-refractivity contribution in [3.05, 3.63) is 33.9 Å². The van der Waals surface area contributed by atoms with Gasteiger partial charge in [0, 0.05) is 42.2 Å². The summed E-state index contributed by atoms with van der Waals surface area (Å²) in [6.45, 7) is 4.75. The molecule has 2 aliphatic rings. The number of benzene rings is 1. The Morgan fingerprint density at radius 3 is 2.54 bits per heavy atom. The minimum Gasteiger partial charge on any atom is -0.379 e. The van der Waals surface area contributed by atoms with Gasteiger partial charge in [0.05, 0.1) is 4.92 Å². The van der Waals surface area contributed by atoms with Crippen LogP contribution < -0.4 is 21.5 Å². The van der Waals surface area contributed by atoms with Gasteiger partial charge >= 0.3 is 0 Å². The predicted octanol–water partition coefficient (Wildman–Crippen LogP) is 1.40. The maximum Gasteiger partial charge on any atom is 0.293 e. The molecule has 0 spiro atoms. The Morgan fingerprint density at radius 2 is 1.96 bits per heavy atom. The molecule has 1 aromatic carbocycles. The number of amides is 1. The number of carbonyl (C=O) groups excluding carboxylic acids is 1. The molecule has 3 rings (SSSR count). The fourth-order valence-electron chi connectivity index (χ4n) is 2.96. The van der Waals surface area contributed by atoms with Crippen molar-refractivity contribution < 1.29 is 9.72 Å². The van der Waals surface area contributed by atoms with Crippen LogP contribution in [0, 0.1) is 16.0 Å². The number of nitrogens with zero attached hydrogens (tertiary/aromatic N) is 1. The molecule has 1 saturated carbocycles. The van der Waals surface area contributed by atoms with Crippen molar-refractivity contribution in [3.8, 4) is 0 Å². The summed E-state index contributed by atoms with van der Waals surface area (Å²) >= 11 is 0. The predicted molar refractivity (Wildman–Crippen MR) is 90.8 cm³/mol. The molecule has 1 aliphatic carbocycles. The summed E-state index contributed by atoms with van der Waals surface area (Å²) in [5, 5.41) is 17.4. The van der Waals surface area contributed by atoms with Crippen LogP contribution in [0.15, 0.2) is 18.2 Å². The van der Waals surface area contributed by atoms with Crippen molar-refractivity contribution in [1.29, 1.82) is 0 Å². The number of carbonyl (C=O) groups is 1. The molecule has 1 saturated heterocycles. The molecule has 8 heteroatoms. The highest BCUT2D eigenvalue weighted by Gasteiger charge is 2.30. The smallest absolute Gasteiger partial charge is 0.293 e. The Morgan fingerprint density at radius 1 is 1.29 bits per heavy atom. The highest BCUT2D eigenvalue weighted by Crippen LogP contribution is 2.27. The molecule has 130 valence electrons. The number of nitro benzene ring substituents is 1. The van der Waals surface area contributed by atoms with E-state index in [4.69, 9.17) is 0 Å². The molecule has 0 radical (unpaired) electrons. The Labute approximate surface area is 140 Å². The first-order valence-corrected chi connectivity index (χ1v) is 8.30. The van der Waals surface area contributed by atoms with Crippen LogP contribution in [-0.4, -0.2) is 35.5 Å². The monoisotopic (exact) mass is 333 g/mol. The molecule has 2 unspecified atom stereocenters. The summed E-state index contributed by atoms with van der Waals surface area (Å²) in [5.41, 5.74) is 7.02. The molecule has 2 atom stereocenters. The van der Waals surface area contributed by atoms with Crippen molar-refractivity contribution in [1.82, 2.24) is 16.2 Å². The van der Waals surface area contributed by atoms with Gasteiger partial charge in [0.1, 0.15) is 5.69 Å². The van der Waals surface area contributed by atoms with Crippen LogP contribution in [0.5, 0.6) is 0 Å². The lowest BCUT2D eigenvalue weighted by molar-refractivity contribution is -0.384. The molecule has 2 fully saturated rings. The average Bonchev–Trinajstić information content (AvgIpc) is 3.30. The normalized spacial score (nSPS) is 26.2. The van der Waals surface area contributed by atoms with Gasteiger partial charge in [-0.15, -0.1) is 0 Å². The van der Waals surface area contributed by atoms with Crippen molar-refractivity contribution in [2.45, 2.75) is 44.8 Å². The van der Waals surface area contributed by atoms with Gasteiger partial charge in [-0.3, -0.25) is 25.8 Å². The largest absolute Gasteiger partial charge is 0.379 e. The molecule has 4 N–H and O–H groups in total. The lowest BCUT2D eigenvalue weighted by Gasteiger charge is -2.19. The minimum absolute atomic E-state index is 0.0716. The maximum absolute atomic E-state index is 12.1. The highest BCUT2D eigenvalue weighted by molar-refractivity contribution is 5.96. The van der Waals surface area contributed by atoms with E-state index < -0.39 is 4.92 Å². The quantitative estimate of drug-likeness (QED) is 0.463. The Hall–Kier alpha value is -2.19.